The maximum atomic E-state index is 12.5. The van der Waals surface area contributed by atoms with Gasteiger partial charge in [0, 0.05) is 12.6 Å². The normalized spacial score (nSPS) is 15.3. The zero-order valence-corrected chi connectivity index (χ0v) is 15.1. The van der Waals surface area contributed by atoms with Crippen molar-refractivity contribution in [3.63, 3.8) is 0 Å². The molecular formula is C15H20BrNO4S. The summed E-state index contributed by atoms with van der Waals surface area (Å²) in [5.74, 6) is 0.718. The Morgan fingerprint density at radius 1 is 1.18 bits per heavy atom. The largest absolute Gasteiger partial charge is 0.496 e. The second-order valence-electron chi connectivity index (χ2n) is 5.07. The number of hydrogen-bond acceptors (Lipinski definition) is 4. The van der Waals surface area contributed by atoms with E-state index in [1.54, 1.807) is 6.07 Å². The van der Waals surface area contributed by atoms with Gasteiger partial charge in [-0.15, -0.1) is 0 Å². The number of hydrogen-bond donors (Lipinski definition) is 1. The van der Waals surface area contributed by atoms with Crippen LogP contribution in [0.1, 0.15) is 25.7 Å². The Hall–Kier alpha value is -1.05. The lowest BCUT2D eigenvalue weighted by atomic mass is 10.0. The predicted octanol–water partition coefficient (Wildman–Crippen LogP) is 3.25. The first-order valence-electron chi connectivity index (χ1n) is 7.07. The van der Waals surface area contributed by atoms with Gasteiger partial charge in [-0.25, -0.2) is 13.1 Å². The van der Waals surface area contributed by atoms with Crippen molar-refractivity contribution in [3.8, 4) is 11.5 Å². The first-order valence-corrected chi connectivity index (χ1v) is 9.34. The zero-order chi connectivity index (χ0) is 16.2. The summed E-state index contributed by atoms with van der Waals surface area (Å²) in [7, 11) is -0.738. The standard InChI is InChI=1S/C15H20BrNO4S/c1-20-13-9-15(14(21-2)8-12(13)16)22(18,19)17-10-11-6-4-3-5-7-11/h6,8-9,17H,3-5,7,10H2,1-2H3. The Balaban J connectivity index is 2.26. The predicted molar refractivity (Wildman–Crippen MR) is 89.0 cm³/mol. The molecule has 0 aliphatic heterocycles. The Kier molecular flexibility index (Phi) is 5.88. The van der Waals surface area contributed by atoms with Gasteiger partial charge in [-0.1, -0.05) is 11.6 Å². The maximum absolute atomic E-state index is 12.5. The molecule has 0 fully saturated rings. The second kappa shape index (κ2) is 7.48. The first kappa shape index (κ1) is 17.3. The third-order valence-electron chi connectivity index (χ3n) is 3.60. The number of methoxy groups -OCH3 is 2. The van der Waals surface area contributed by atoms with E-state index in [1.807, 2.05) is 0 Å². The molecule has 0 heterocycles. The summed E-state index contributed by atoms with van der Waals surface area (Å²) in [5, 5.41) is 0. The average molecular weight is 390 g/mol. The highest BCUT2D eigenvalue weighted by molar-refractivity contribution is 9.10. The molecule has 122 valence electrons. The molecule has 1 aromatic rings. The molecule has 0 atom stereocenters. The van der Waals surface area contributed by atoms with E-state index in [0.29, 0.717) is 16.8 Å². The number of rotatable bonds is 6. The molecule has 0 unspecified atom stereocenters. The summed E-state index contributed by atoms with van der Waals surface area (Å²) >= 11 is 3.32. The van der Waals surface area contributed by atoms with Gasteiger partial charge >= 0.3 is 0 Å². The fraction of sp³-hybridized carbons (Fsp3) is 0.467. The summed E-state index contributed by atoms with van der Waals surface area (Å²) in [5.41, 5.74) is 1.14. The lowest BCUT2D eigenvalue weighted by molar-refractivity contribution is 0.390. The van der Waals surface area contributed by atoms with E-state index in [-0.39, 0.29) is 10.6 Å². The minimum absolute atomic E-state index is 0.0754. The molecule has 0 spiro atoms. The number of nitrogens with one attached hydrogen (secondary N) is 1. The summed E-state index contributed by atoms with van der Waals surface area (Å²) < 4.78 is 38.7. The van der Waals surface area contributed by atoms with Gasteiger partial charge < -0.3 is 9.47 Å². The Labute approximate surface area is 139 Å². The van der Waals surface area contributed by atoms with Gasteiger partial charge in [-0.3, -0.25) is 0 Å². The molecule has 1 N–H and O–H groups in total. The number of allylic oxidation sites excluding steroid dienone is 1. The summed E-state index contributed by atoms with van der Waals surface area (Å²) in [6.07, 6.45) is 6.37. The SMILES string of the molecule is COc1cc(S(=O)(=O)NCC2=CCCCC2)c(OC)cc1Br. The highest BCUT2D eigenvalue weighted by atomic mass is 79.9. The maximum Gasteiger partial charge on any atom is 0.244 e. The first-order chi connectivity index (χ1) is 10.5. The third-order valence-corrected chi connectivity index (χ3v) is 5.64. The van der Waals surface area contributed by atoms with Crippen LogP contribution < -0.4 is 14.2 Å². The van der Waals surface area contributed by atoms with E-state index in [2.05, 4.69) is 26.7 Å². The van der Waals surface area contributed by atoms with Gasteiger partial charge in [0.25, 0.3) is 0 Å². The van der Waals surface area contributed by atoms with Crippen LogP contribution in [-0.4, -0.2) is 29.2 Å². The van der Waals surface area contributed by atoms with E-state index < -0.39 is 10.0 Å². The Morgan fingerprint density at radius 3 is 2.50 bits per heavy atom. The molecule has 1 aliphatic carbocycles. The molecule has 7 heteroatoms. The number of benzene rings is 1. The van der Waals surface area contributed by atoms with Crippen molar-refractivity contribution in [2.75, 3.05) is 20.8 Å². The van der Waals surface area contributed by atoms with Gasteiger partial charge in [0.2, 0.25) is 10.0 Å². The number of ether oxygens (including phenoxy) is 2. The molecule has 0 saturated carbocycles. The van der Waals surface area contributed by atoms with Crippen LogP contribution in [0.2, 0.25) is 0 Å². The quantitative estimate of drug-likeness (QED) is 0.758. The average Bonchev–Trinajstić information content (AvgIpc) is 2.53. The number of sulfonamides is 1. The minimum Gasteiger partial charge on any atom is -0.496 e. The van der Waals surface area contributed by atoms with Crippen LogP contribution in [0.3, 0.4) is 0 Å². The van der Waals surface area contributed by atoms with Crippen LogP contribution in [0.15, 0.2) is 33.2 Å². The van der Waals surface area contributed by atoms with Crippen LogP contribution in [-0.2, 0) is 10.0 Å². The van der Waals surface area contributed by atoms with Gasteiger partial charge in [0.1, 0.15) is 16.4 Å². The van der Waals surface area contributed by atoms with Crippen molar-refractivity contribution in [1.29, 1.82) is 0 Å². The summed E-state index contributed by atoms with van der Waals surface area (Å²) in [4.78, 5) is 0.0754. The highest BCUT2D eigenvalue weighted by Gasteiger charge is 2.22. The van der Waals surface area contributed by atoms with E-state index in [4.69, 9.17) is 9.47 Å². The highest BCUT2D eigenvalue weighted by Crippen LogP contribution is 2.35. The Bertz CT molecular complexity index is 670. The molecule has 0 amide bonds. The van der Waals surface area contributed by atoms with E-state index in [9.17, 15) is 8.42 Å². The lowest BCUT2D eigenvalue weighted by Crippen LogP contribution is -2.26. The monoisotopic (exact) mass is 389 g/mol. The third kappa shape index (κ3) is 4.02. The molecule has 22 heavy (non-hydrogen) atoms. The second-order valence-corrected chi connectivity index (χ2v) is 7.66. The molecule has 2 rings (SSSR count). The molecule has 0 saturated heterocycles. The van der Waals surface area contributed by atoms with Gasteiger partial charge in [-0.05, 0) is 47.7 Å². The smallest absolute Gasteiger partial charge is 0.244 e. The molecule has 0 radical (unpaired) electrons. The van der Waals surface area contributed by atoms with Crippen LogP contribution in [0.5, 0.6) is 11.5 Å². The number of halogens is 1. The fourth-order valence-electron chi connectivity index (χ4n) is 2.37. The van der Waals surface area contributed by atoms with Crippen molar-refractivity contribution < 1.29 is 17.9 Å². The van der Waals surface area contributed by atoms with Gasteiger partial charge in [0.15, 0.2) is 0 Å². The topological polar surface area (TPSA) is 64.6 Å². The lowest BCUT2D eigenvalue weighted by Gasteiger charge is -2.16. The van der Waals surface area contributed by atoms with Crippen LogP contribution in [0.4, 0.5) is 0 Å². The minimum atomic E-state index is -3.67. The zero-order valence-electron chi connectivity index (χ0n) is 12.7. The summed E-state index contributed by atoms with van der Waals surface area (Å²) in [6.45, 7) is 0.337. The van der Waals surface area contributed by atoms with Crippen LogP contribution in [0.25, 0.3) is 0 Å². The van der Waals surface area contributed by atoms with Crippen LogP contribution >= 0.6 is 15.9 Å². The molecule has 5 nitrogen and oxygen atoms in total. The fourth-order valence-corrected chi connectivity index (χ4v) is 4.06. The van der Waals surface area contributed by atoms with Gasteiger partial charge in [0.05, 0.1) is 18.7 Å². The van der Waals surface area contributed by atoms with E-state index in [1.165, 1.54) is 26.7 Å². The molecule has 0 bridgehead atoms. The molecule has 1 aromatic carbocycles. The molecule has 1 aliphatic rings. The molecule has 0 aromatic heterocycles. The van der Waals surface area contributed by atoms with Crippen molar-refractivity contribution in [3.05, 3.63) is 28.3 Å². The van der Waals surface area contributed by atoms with Gasteiger partial charge in [-0.2, -0.15) is 0 Å². The van der Waals surface area contributed by atoms with Crippen molar-refractivity contribution >= 4 is 26.0 Å². The Morgan fingerprint density at radius 2 is 1.91 bits per heavy atom. The van der Waals surface area contributed by atoms with Crippen molar-refractivity contribution in [1.82, 2.24) is 4.72 Å². The van der Waals surface area contributed by atoms with Crippen molar-refractivity contribution in [2.45, 2.75) is 30.6 Å². The van der Waals surface area contributed by atoms with E-state index in [0.717, 1.165) is 24.8 Å². The van der Waals surface area contributed by atoms with Crippen LogP contribution in [0, 0.1) is 0 Å². The summed E-state index contributed by atoms with van der Waals surface area (Å²) in [6, 6.07) is 3.05. The molecular weight excluding hydrogens is 370 g/mol. The van der Waals surface area contributed by atoms with E-state index >= 15 is 0 Å². The van der Waals surface area contributed by atoms with Crippen molar-refractivity contribution in [2.24, 2.45) is 0 Å².